The molecule has 1 aromatic carbocycles. The average molecular weight is 557 g/mol. The summed E-state index contributed by atoms with van der Waals surface area (Å²) in [4.78, 5) is 27.2. The van der Waals surface area contributed by atoms with E-state index in [4.69, 9.17) is 17.3 Å². The zero-order valence-corrected chi connectivity index (χ0v) is 22.1. The lowest BCUT2D eigenvalue weighted by Gasteiger charge is -2.36. The van der Waals surface area contributed by atoms with Gasteiger partial charge in [0, 0.05) is 41.6 Å². The normalized spacial score (nSPS) is 14.4. The number of hydrogen-bond acceptors (Lipinski definition) is 7. The number of nitrogens with two attached hydrogens (primary N) is 1. The molecule has 1 amide bonds. The third-order valence-electron chi connectivity index (χ3n) is 5.68. The van der Waals surface area contributed by atoms with Crippen molar-refractivity contribution in [1.82, 2.24) is 14.9 Å². The molecular formula is C23H24Cl3N5OS2. The predicted octanol–water partition coefficient (Wildman–Crippen LogP) is 5.14. The molecule has 34 heavy (non-hydrogen) atoms. The number of carbonyl (C=O) groups excluding carboxylic acids is 1. The Bertz CT molecular complexity index is 1230. The molecule has 1 aliphatic heterocycles. The Balaban J connectivity index is 0.00000162. The maximum atomic E-state index is 12.9. The molecule has 3 aromatic heterocycles. The van der Waals surface area contributed by atoms with Gasteiger partial charge in [-0.15, -0.1) is 36.2 Å². The van der Waals surface area contributed by atoms with E-state index in [2.05, 4.69) is 37.8 Å². The molecule has 0 bridgehead atoms. The molecule has 1 fully saturated rings. The van der Waals surface area contributed by atoms with Gasteiger partial charge >= 0.3 is 0 Å². The fraction of sp³-hybridized carbons (Fsp3) is 0.261. The Morgan fingerprint density at radius 1 is 1.09 bits per heavy atom. The largest absolute Gasteiger partial charge is 0.352 e. The van der Waals surface area contributed by atoms with Crippen molar-refractivity contribution in [1.29, 1.82) is 0 Å². The quantitative estimate of drug-likeness (QED) is 0.369. The molecule has 1 unspecified atom stereocenters. The van der Waals surface area contributed by atoms with Crippen LogP contribution in [0.3, 0.4) is 0 Å². The van der Waals surface area contributed by atoms with Crippen LogP contribution in [-0.4, -0.2) is 53.0 Å². The van der Waals surface area contributed by atoms with Crippen LogP contribution >= 0.6 is 59.1 Å². The minimum Gasteiger partial charge on any atom is -0.352 e. The zero-order valence-electron chi connectivity index (χ0n) is 18.1. The van der Waals surface area contributed by atoms with Gasteiger partial charge in [-0.3, -0.25) is 4.79 Å². The van der Waals surface area contributed by atoms with E-state index < -0.39 is 6.04 Å². The highest BCUT2D eigenvalue weighted by atomic mass is 35.5. The molecule has 0 spiro atoms. The zero-order chi connectivity index (χ0) is 22.1. The maximum absolute atomic E-state index is 12.9. The Hall–Kier alpha value is -1.94. The lowest BCUT2D eigenvalue weighted by molar-refractivity contribution is -0.132. The third-order valence-corrected chi connectivity index (χ3v) is 7.78. The van der Waals surface area contributed by atoms with E-state index in [-0.39, 0.29) is 30.7 Å². The highest BCUT2D eigenvalue weighted by Gasteiger charge is 2.27. The number of rotatable bonds is 5. The van der Waals surface area contributed by atoms with Gasteiger partial charge in [0.05, 0.1) is 16.3 Å². The predicted molar refractivity (Wildman–Crippen MR) is 147 cm³/mol. The molecule has 4 heterocycles. The highest BCUT2D eigenvalue weighted by Crippen LogP contribution is 2.37. The Morgan fingerprint density at radius 3 is 2.50 bits per heavy atom. The topological polar surface area (TPSA) is 75.4 Å². The molecule has 6 nitrogen and oxygen atoms in total. The fourth-order valence-corrected chi connectivity index (χ4v) is 5.93. The number of amides is 1. The minimum atomic E-state index is -0.557. The summed E-state index contributed by atoms with van der Waals surface area (Å²) in [5.41, 5.74) is 9.42. The number of anilines is 1. The van der Waals surface area contributed by atoms with Gasteiger partial charge in [0.1, 0.15) is 12.1 Å². The van der Waals surface area contributed by atoms with Crippen molar-refractivity contribution in [2.45, 2.75) is 12.5 Å². The summed E-state index contributed by atoms with van der Waals surface area (Å²) in [7, 11) is 0. The van der Waals surface area contributed by atoms with Crippen LogP contribution in [0.5, 0.6) is 0 Å². The van der Waals surface area contributed by atoms with Gasteiger partial charge in [0.15, 0.2) is 0 Å². The second-order valence-electron chi connectivity index (χ2n) is 7.78. The molecule has 1 aliphatic rings. The van der Waals surface area contributed by atoms with Crippen LogP contribution < -0.4 is 10.6 Å². The van der Waals surface area contributed by atoms with Crippen molar-refractivity contribution >= 4 is 81.0 Å². The number of hydrogen-bond donors (Lipinski definition) is 1. The van der Waals surface area contributed by atoms with E-state index in [0.717, 1.165) is 34.7 Å². The van der Waals surface area contributed by atoms with Crippen LogP contribution in [0.2, 0.25) is 5.02 Å². The number of carbonyl (C=O) groups is 1. The molecule has 11 heteroatoms. The van der Waals surface area contributed by atoms with Crippen LogP contribution in [0.25, 0.3) is 20.7 Å². The van der Waals surface area contributed by atoms with Crippen molar-refractivity contribution in [2.24, 2.45) is 5.73 Å². The standard InChI is InChI=1S/C23H22ClN5OS2.2ClH/c24-17-3-1-15(2-4-17)11-18(25)23(30)29-8-6-28(7-9-29)22-21-19(26-14-27-22)12-20(32-21)16-5-10-31-13-16;;/h1-5,10,12-14,18H,6-9,11,25H2;2*1H. The number of benzene rings is 1. The van der Waals surface area contributed by atoms with Gasteiger partial charge in [-0.25, -0.2) is 9.97 Å². The van der Waals surface area contributed by atoms with E-state index in [9.17, 15) is 4.79 Å². The highest BCUT2D eigenvalue weighted by molar-refractivity contribution is 7.23. The lowest BCUT2D eigenvalue weighted by atomic mass is 10.1. The monoisotopic (exact) mass is 555 g/mol. The molecule has 0 radical (unpaired) electrons. The third kappa shape index (κ3) is 5.64. The van der Waals surface area contributed by atoms with Gasteiger partial charge < -0.3 is 15.5 Å². The fourth-order valence-electron chi connectivity index (χ4n) is 3.95. The summed E-state index contributed by atoms with van der Waals surface area (Å²) in [6.07, 6.45) is 2.13. The van der Waals surface area contributed by atoms with Crippen LogP contribution in [-0.2, 0) is 11.2 Å². The first-order chi connectivity index (χ1) is 15.6. The summed E-state index contributed by atoms with van der Waals surface area (Å²) in [6, 6.07) is 11.2. The smallest absolute Gasteiger partial charge is 0.239 e. The average Bonchev–Trinajstić information content (AvgIpc) is 3.50. The Labute approximate surface area is 223 Å². The molecule has 4 aromatic rings. The number of aromatic nitrogens is 2. The van der Waals surface area contributed by atoms with Crippen molar-refractivity contribution in [2.75, 3.05) is 31.1 Å². The SMILES string of the molecule is Cl.Cl.NC(Cc1ccc(Cl)cc1)C(=O)N1CCN(c2ncnc3cc(-c4ccsc4)sc23)CC1. The van der Waals surface area contributed by atoms with Gasteiger partial charge in [0.2, 0.25) is 5.91 Å². The minimum absolute atomic E-state index is 0. The summed E-state index contributed by atoms with van der Waals surface area (Å²) in [5, 5.41) is 4.91. The molecule has 1 atom stereocenters. The van der Waals surface area contributed by atoms with E-state index in [1.807, 2.05) is 29.2 Å². The van der Waals surface area contributed by atoms with Gasteiger partial charge in [0.25, 0.3) is 0 Å². The lowest BCUT2D eigenvalue weighted by Crippen LogP contribution is -2.53. The van der Waals surface area contributed by atoms with Crippen molar-refractivity contribution in [3.8, 4) is 10.4 Å². The second kappa shape index (κ2) is 11.7. The molecule has 180 valence electrons. The van der Waals surface area contributed by atoms with Crippen molar-refractivity contribution in [3.63, 3.8) is 0 Å². The number of halogens is 3. The van der Waals surface area contributed by atoms with E-state index >= 15 is 0 Å². The van der Waals surface area contributed by atoms with E-state index in [1.54, 1.807) is 29.0 Å². The van der Waals surface area contributed by atoms with E-state index in [1.165, 1.54) is 10.4 Å². The summed E-state index contributed by atoms with van der Waals surface area (Å²) in [6.45, 7) is 2.69. The van der Waals surface area contributed by atoms with E-state index in [0.29, 0.717) is 24.5 Å². The summed E-state index contributed by atoms with van der Waals surface area (Å²) >= 11 is 9.35. The first-order valence-electron chi connectivity index (χ1n) is 10.4. The first kappa shape index (κ1) is 26.7. The molecule has 1 saturated heterocycles. The van der Waals surface area contributed by atoms with Crippen molar-refractivity contribution in [3.05, 3.63) is 64.1 Å². The molecule has 0 saturated carbocycles. The maximum Gasteiger partial charge on any atom is 0.239 e. The molecule has 0 aliphatic carbocycles. The molecule has 5 rings (SSSR count). The van der Waals surface area contributed by atoms with Crippen LogP contribution in [0, 0.1) is 0 Å². The Morgan fingerprint density at radius 2 is 1.82 bits per heavy atom. The van der Waals surface area contributed by atoms with Gasteiger partial charge in [-0.05, 0) is 47.0 Å². The number of thiophene rings is 2. The molecular weight excluding hydrogens is 533 g/mol. The number of piperazine rings is 1. The molecule has 2 N–H and O–H groups in total. The van der Waals surface area contributed by atoms with Crippen LogP contribution in [0.4, 0.5) is 5.82 Å². The van der Waals surface area contributed by atoms with Gasteiger partial charge in [-0.2, -0.15) is 11.3 Å². The number of fused-ring (bicyclic) bond motifs is 1. The Kier molecular flexibility index (Phi) is 9.14. The number of nitrogens with zero attached hydrogens (tertiary/aromatic N) is 4. The van der Waals surface area contributed by atoms with Crippen molar-refractivity contribution < 1.29 is 4.79 Å². The summed E-state index contributed by atoms with van der Waals surface area (Å²) in [5.74, 6) is 0.933. The van der Waals surface area contributed by atoms with Crippen LogP contribution in [0.15, 0.2) is 53.5 Å². The summed E-state index contributed by atoms with van der Waals surface area (Å²) < 4.78 is 1.09. The van der Waals surface area contributed by atoms with Crippen LogP contribution in [0.1, 0.15) is 5.56 Å². The second-order valence-corrected chi connectivity index (χ2v) is 10.1. The van der Waals surface area contributed by atoms with Gasteiger partial charge in [-0.1, -0.05) is 23.7 Å². The first-order valence-corrected chi connectivity index (χ1v) is 12.5.